The number of nitriles is 1. The van der Waals surface area contributed by atoms with E-state index in [1.54, 1.807) is 0 Å². The molecule has 36 heavy (non-hydrogen) atoms. The fraction of sp³-hybridized carbons (Fsp3) is 0.346. The minimum Gasteiger partial charge on any atom is -0.406 e. The van der Waals surface area contributed by atoms with E-state index < -0.39 is 6.36 Å². The lowest BCUT2D eigenvalue weighted by Crippen LogP contribution is -2.60. The molecule has 0 aliphatic carbocycles. The Kier molecular flexibility index (Phi) is 5.26. The van der Waals surface area contributed by atoms with Crippen LogP contribution in [0.15, 0.2) is 48.8 Å². The lowest BCUT2D eigenvalue weighted by Gasteiger charge is -2.54. The minimum atomic E-state index is -4.75. The van der Waals surface area contributed by atoms with Crippen LogP contribution in [-0.4, -0.2) is 52.4 Å². The quantitative estimate of drug-likeness (QED) is 0.433. The summed E-state index contributed by atoms with van der Waals surface area (Å²) < 4.78 is 42.2. The summed E-state index contributed by atoms with van der Waals surface area (Å²) in [5, 5.41) is 11.2. The number of likely N-dealkylation sites (tertiary alicyclic amines) is 1. The van der Waals surface area contributed by atoms with E-state index in [2.05, 4.69) is 41.6 Å². The topological polar surface area (TPSA) is 81.1 Å². The summed E-state index contributed by atoms with van der Waals surface area (Å²) in [6.45, 7) is 4.17. The molecule has 2 saturated heterocycles. The smallest absolute Gasteiger partial charge is 0.406 e. The van der Waals surface area contributed by atoms with Gasteiger partial charge in [-0.15, -0.1) is 13.2 Å². The Morgan fingerprint density at radius 2 is 1.83 bits per heavy atom. The Morgan fingerprint density at radius 1 is 1.06 bits per heavy atom. The first-order chi connectivity index (χ1) is 17.3. The number of nitrogens with zero attached hydrogens (tertiary/aromatic N) is 5. The number of alkyl halides is 3. The molecule has 10 heteroatoms. The summed E-state index contributed by atoms with van der Waals surface area (Å²) in [6, 6.07) is 14.4. The highest BCUT2D eigenvalue weighted by Crippen LogP contribution is 2.44. The predicted octanol–water partition coefficient (Wildman–Crippen LogP) is 4.98. The standard InChI is InChI=1S/C26H23F3N6O/c27-26(28,29)36-17-5-6-21-19(11-17)24(32-16-31-21)35-14-25(15-35)7-9-34(10-8-25)13-20-18-3-1-2-4-22(18)33-23(20)12-30/h1-6,11,16,33H,7-10,13-15H2. The van der Waals surface area contributed by atoms with Crippen molar-refractivity contribution < 1.29 is 17.9 Å². The lowest BCUT2D eigenvalue weighted by atomic mass is 9.72. The van der Waals surface area contributed by atoms with E-state index in [0.717, 1.165) is 62.0 Å². The number of rotatable bonds is 4. The number of hydrogen-bond donors (Lipinski definition) is 1. The molecule has 0 saturated carbocycles. The highest BCUT2D eigenvalue weighted by Gasteiger charge is 2.45. The van der Waals surface area contributed by atoms with E-state index in [1.165, 1.54) is 24.5 Å². The first-order valence-electron chi connectivity index (χ1n) is 11.8. The van der Waals surface area contributed by atoms with Gasteiger partial charge in [0.2, 0.25) is 0 Å². The van der Waals surface area contributed by atoms with Gasteiger partial charge in [0.15, 0.2) is 0 Å². The minimum absolute atomic E-state index is 0.159. The monoisotopic (exact) mass is 492 g/mol. The molecule has 2 aliphatic heterocycles. The van der Waals surface area contributed by atoms with Gasteiger partial charge in [-0.2, -0.15) is 5.26 Å². The van der Waals surface area contributed by atoms with Crippen LogP contribution >= 0.6 is 0 Å². The predicted molar refractivity (Wildman–Crippen MR) is 128 cm³/mol. The second-order valence-corrected chi connectivity index (χ2v) is 9.69. The van der Waals surface area contributed by atoms with E-state index in [0.29, 0.717) is 22.4 Å². The molecule has 1 N–H and O–H groups in total. The summed E-state index contributed by atoms with van der Waals surface area (Å²) >= 11 is 0. The third-order valence-corrected chi connectivity index (χ3v) is 7.40. The second-order valence-electron chi connectivity index (χ2n) is 9.69. The van der Waals surface area contributed by atoms with Gasteiger partial charge < -0.3 is 14.6 Å². The highest BCUT2D eigenvalue weighted by atomic mass is 19.4. The SMILES string of the molecule is N#Cc1[nH]c2ccccc2c1CN1CCC2(CC1)CN(c1ncnc3ccc(OC(F)(F)F)cc13)C2. The van der Waals surface area contributed by atoms with Gasteiger partial charge in [-0.25, -0.2) is 9.97 Å². The number of benzene rings is 2. The van der Waals surface area contributed by atoms with Gasteiger partial charge in [0.05, 0.1) is 5.52 Å². The number of H-pyrrole nitrogens is 1. The van der Waals surface area contributed by atoms with Crippen LogP contribution in [0.2, 0.25) is 0 Å². The molecule has 184 valence electrons. The number of fused-ring (bicyclic) bond motifs is 2. The van der Waals surface area contributed by atoms with Crippen molar-refractivity contribution in [2.24, 2.45) is 5.41 Å². The molecule has 0 unspecified atom stereocenters. The van der Waals surface area contributed by atoms with Gasteiger partial charge in [0.25, 0.3) is 0 Å². The largest absolute Gasteiger partial charge is 0.573 e. The van der Waals surface area contributed by atoms with Crippen LogP contribution in [0.4, 0.5) is 19.0 Å². The molecule has 4 heterocycles. The molecule has 2 aromatic heterocycles. The molecule has 2 fully saturated rings. The van der Waals surface area contributed by atoms with E-state index in [9.17, 15) is 18.4 Å². The Hall–Kier alpha value is -3.84. The highest BCUT2D eigenvalue weighted by molar-refractivity contribution is 5.91. The molecule has 0 atom stereocenters. The molecule has 1 spiro atoms. The molecule has 0 radical (unpaired) electrons. The first-order valence-corrected chi connectivity index (χ1v) is 11.8. The molecule has 2 aromatic carbocycles. The average Bonchev–Trinajstić information content (AvgIpc) is 3.19. The molecular weight excluding hydrogens is 469 g/mol. The van der Waals surface area contributed by atoms with Gasteiger partial charge in [-0.1, -0.05) is 18.2 Å². The van der Waals surface area contributed by atoms with Gasteiger partial charge in [-0.3, -0.25) is 4.90 Å². The molecule has 6 rings (SSSR count). The Balaban J connectivity index is 1.14. The Labute approximate surface area is 205 Å². The number of hydrogen-bond acceptors (Lipinski definition) is 6. The summed E-state index contributed by atoms with van der Waals surface area (Å²) in [5.41, 5.74) is 3.39. The lowest BCUT2D eigenvalue weighted by molar-refractivity contribution is -0.274. The number of aromatic nitrogens is 3. The maximum absolute atomic E-state index is 12.7. The van der Waals surface area contributed by atoms with Crippen LogP contribution in [-0.2, 0) is 6.54 Å². The van der Waals surface area contributed by atoms with Crippen LogP contribution in [0.3, 0.4) is 0 Å². The van der Waals surface area contributed by atoms with Gasteiger partial charge in [0, 0.05) is 46.9 Å². The van der Waals surface area contributed by atoms with Crippen LogP contribution in [0.1, 0.15) is 24.1 Å². The number of halogens is 3. The number of aromatic amines is 1. The van der Waals surface area contributed by atoms with E-state index in [1.807, 2.05) is 18.2 Å². The maximum atomic E-state index is 12.7. The van der Waals surface area contributed by atoms with Crippen molar-refractivity contribution >= 4 is 27.6 Å². The Morgan fingerprint density at radius 3 is 2.58 bits per heavy atom. The van der Waals surface area contributed by atoms with Crippen molar-refractivity contribution in [1.29, 1.82) is 5.26 Å². The van der Waals surface area contributed by atoms with Crippen molar-refractivity contribution in [3.8, 4) is 11.8 Å². The normalized spacial score (nSPS) is 17.9. The van der Waals surface area contributed by atoms with Crippen molar-refractivity contribution in [2.45, 2.75) is 25.7 Å². The van der Waals surface area contributed by atoms with Crippen molar-refractivity contribution in [1.82, 2.24) is 19.9 Å². The maximum Gasteiger partial charge on any atom is 0.573 e. The third kappa shape index (κ3) is 4.09. The molecular formula is C26H23F3N6O. The molecule has 0 bridgehead atoms. The van der Waals surface area contributed by atoms with Crippen molar-refractivity contribution in [2.75, 3.05) is 31.1 Å². The van der Waals surface area contributed by atoms with Gasteiger partial charge in [0.1, 0.15) is 29.7 Å². The zero-order chi connectivity index (χ0) is 24.9. The van der Waals surface area contributed by atoms with Crippen LogP contribution in [0, 0.1) is 16.7 Å². The number of para-hydroxylation sites is 1. The zero-order valence-corrected chi connectivity index (χ0v) is 19.3. The molecule has 0 amide bonds. The third-order valence-electron chi connectivity index (χ3n) is 7.40. The van der Waals surface area contributed by atoms with Crippen LogP contribution in [0.25, 0.3) is 21.8 Å². The summed E-state index contributed by atoms with van der Waals surface area (Å²) in [4.78, 5) is 16.3. The molecule has 4 aromatic rings. The number of nitrogens with one attached hydrogen (secondary N) is 1. The fourth-order valence-corrected chi connectivity index (χ4v) is 5.57. The first kappa shape index (κ1) is 22.6. The van der Waals surface area contributed by atoms with Gasteiger partial charge >= 0.3 is 6.36 Å². The summed E-state index contributed by atoms with van der Waals surface area (Å²) in [7, 11) is 0. The second kappa shape index (κ2) is 8.38. The average molecular weight is 493 g/mol. The van der Waals surface area contributed by atoms with Crippen LogP contribution < -0.4 is 9.64 Å². The van der Waals surface area contributed by atoms with E-state index >= 15 is 0 Å². The zero-order valence-electron chi connectivity index (χ0n) is 19.3. The van der Waals surface area contributed by atoms with E-state index in [4.69, 9.17) is 0 Å². The van der Waals surface area contributed by atoms with Gasteiger partial charge in [-0.05, 0) is 50.2 Å². The molecule has 7 nitrogen and oxygen atoms in total. The molecule has 2 aliphatic rings. The summed E-state index contributed by atoms with van der Waals surface area (Å²) in [5.74, 6) is 0.363. The number of piperidine rings is 1. The Bertz CT molecular complexity index is 1470. The number of anilines is 1. The fourth-order valence-electron chi connectivity index (χ4n) is 5.57. The van der Waals surface area contributed by atoms with E-state index in [-0.39, 0.29) is 11.2 Å². The van der Waals surface area contributed by atoms with Crippen LogP contribution in [0.5, 0.6) is 5.75 Å². The van der Waals surface area contributed by atoms with Crippen molar-refractivity contribution in [3.05, 3.63) is 60.0 Å². The summed E-state index contributed by atoms with van der Waals surface area (Å²) in [6.07, 6.45) is -1.28. The van der Waals surface area contributed by atoms with Crippen molar-refractivity contribution in [3.63, 3.8) is 0 Å². The number of ether oxygens (including phenoxy) is 1.